The fourth-order valence-electron chi connectivity index (χ4n) is 2.68. The highest BCUT2D eigenvalue weighted by Gasteiger charge is 2.28. The molecule has 1 aliphatic heterocycles. The van der Waals surface area contributed by atoms with E-state index in [9.17, 15) is 22.4 Å². The molecule has 2 aromatic carbocycles. The summed E-state index contributed by atoms with van der Waals surface area (Å²) < 4.78 is 41.0. The summed E-state index contributed by atoms with van der Waals surface area (Å²) in [5.74, 6) is -0.504. The number of carbonyl (C=O) groups excluding carboxylic acids is 2. The molecule has 5 nitrogen and oxygen atoms in total. The van der Waals surface area contributed by atoms with Gasteiger partial charge in [0.15, 0.2) is 15.6 Å². The van der Waals surface area contributed by atoms with E-state index >= 15 is 0 Å². The molecule has 8 heteroatoms. The fraction of sp³-hybridized carbons (Fsp3) is 0.263. The van der Waals surface area contributed by atoms with Crippen molar-refractivity contribution in [3.63, 3.8) is 0 Å². The second kappa shape index (κ2) is 8.22. The van der Waals surface area contributed by atoms with Gasteiger partial charge >= 0.3 is 5.97 Å². The molecule has 0 bridgehead atoms. The van der Waals surface area contributed by atoms with Crippen LogP contribution in [0, 0.1) is 5.82 Å². The summed E-state index contributed by atoms with van der Waals surface area (Å²) in [5.41, 5.74) is 0.760. The van der Waals surface area contributed by atoms with Gasteiger partial charge in [0.1, 0.15) is 11.6 Å². The third kappa shape index (κ3) is 5.40. The van der Waals surface area contributed by atoms with E-state index in [4.69, 9.17) is 4.74 Å². The smallest absolute Gasteiger partial charge is 0.321 e. The lowest BCUT2D eigenvalue weighted by Crippen LogP contribution is -2.15. The van der Waals surface area contributed by atoms with Crippen LogP contribution in [0.25, 0.3) is 0 Å². The van der Waals surface area contributed by atoms with E-state index in [2.05, 4.69) is 0 Å². The van der Waals surface area contributed by atoms with Crippen LogP contribution in [0.15, 0.2) is 48.5 Å². The van der Waals surface area contributed by atoms with Crippen molar-refractivity contribution in [2.45, 2.75) is 11.7 Å². The Hall–Kier alpha value is -2.19. The van der Waals surface area contributed by atoms with Crippen molar-refractivity contribution in [3.05, 3.63) is 65.5 Å². The molecule has 1 atom stereocenters. The summed E-state index contributed by atoms with van der Waals surface area (Å²) in [6, 6.07) is 11.3. The highest BCUT2D eigenvalue weighted by molar-refractivity contribution is 8.02. The molecule has 2 aromatic rings. The molecule has 1 heterocycles. The molecule has 142 valence electrons. The standard InChI is InChI=1S/C19H17FO5S2/c20-15-5-1-13(2-6-15)19(22)14-3-7-16(8-4-14)25-18(21)11-26-17-9-10-27(23,24)12-17/h1-8,17H,9-12H2/t17-/m1/s1. The number of halogens is 1. The van der Waals surface area contributed by atoms with Gasteiger partial charge in [-0.3, -0.25) is 9.59 Å². The van der Waals surface area contributed by atoms with E-state index in [0.717, 1.165) is 0 Å². The molecule has 0 unspecified atom stereocenters. The Bertz CT molecular complexity index is 937. The second-order valence-electron chi connectivity index (χ2n) is 6.17. The number of carbonyl (C=O) groups is 2. The zero-order valence-electron chi connectivity index (χ0n) is 14.3. The first-order valence-electron chi connectivity index (χ1n) is 8.25. The topological polar surface area (TPSA) is 77.5 Å². The number of thioether (sulfide) groups is 1. The third-order valence-electron chi connectivity index (χ3n) is 4.08. The van der Waals surface area contributed by atoms with Crippen LogP contribution in [0.3, 0.4) is 0 Å². The Kier molecular flexibility index (Phi) is 5.96. The molecule has 1 fully saturated rings. The third-order valence-corrected chi connectivity index (χ3v) is 7.34. The predicted octanol–water partition coefficient (Wildman–Crippen LogP) is 2.88. The molecule has 0 N–H and O–H groups in total. The summed E-state index contributed by atoms with van der Waals surface area (Å²) in [6.45, 7) is 0. The first-order chi connectivity index (χ1) is 12.8. The van der Waals surface area contributed by atoms with Crippen LogP contribution in [-0.2, 0) is 14.6 Å². The molecular formula is C19H17FO5S2. The van der Waals surface area contributed by atoms with Crippen molar-refractivity contribution < 1.29 is 27.1 Å². The van der Waals surface area contributed by atoms with Crippen LogP contribution in [0.5, 0.6) is 5.75 Å². The average molecular weight is 408 g/mol. The maximum Gasteiger partial charge on any atom is 0.321 e. The van der Waals surface area contributed by atoms with Crippen molar-refractivity contribution in [1.82, 2.24) is 0 Å². The number of ketones is 1. The maximum absolute atomic E-state index is 12.9. The highest BCUT2D eigenvalue weighted by atomic mass is 32.2. The van der Waals surface area contributed by atoms with Crippen molar-refractivity contribution >= 4 is 33.4 Å². The average Bonchev–Trinajstić information content (AvgIpc) is 3.00. The van der Waals surface area contributed by atoms with Gasteiger partial charge < -0.3 is 4.74 Å². The van der Waals surface area contributed by atoms with Gasteiger partial charge in [-0.1, -0.05) is 0 Å². The minimum Gasteiger partial charge on any atom is -0.426 e. The van der Waals surface area contributed by atoms with Gasteiger partial charge in [-0.2, -0.15) is 0 Å². The first-order valence-corrected chi connectivity index (χ1v) is 11.1. The van der Waals surface area contributed by atoms with E-state index < -0.39 is 21.6 Å². The van der Waals surface area contributed by atoms with Gasteiger partial charge in [0.05, 0.1) is 17.3 Å². The molecule has 0 radical (unpaired) electrons. The number of benzene rings is 2. The SMILES string of the molecule is O=C(CS[C@@H]1CCS(=O)(=O)C1)Oc1ccc(C(=O)c2ccc(F)cc2)cc1. The number of esters is 1. The monoisotopic (exact) mass is 408 g/mol. The number of hydrogen-bond acceptors (Lipinski definition) is 6. The normalized spacial score (nSPS) is 18.2. The Balaban J connectivity index is 1.53. The summed E-state index contributed by atoms with van der Waals surface area (Å²) in [5, 5.41) is -0.0711. The molecule has 1 aliphatic rings. The number of hydrogen-bond donors (Lipinski definition) is 0. The summed E-state index contributed by atoms with van der Waals surface area (Å²) in [7, 11) is -2.97. The van der Waals surface area contributed by atoms with Crippen LogP contribution >= 0.6 is 11.8 Å². The zero-order valence-corrected chi connectivity index (χ0v) is 15.9. The predicted molar refractivity (Wildman–Crippen MR) is 101 cm³/mol. The lowest BCUT2D eigenvalue weighted by atomic mass is 10.0. The van der Waals surface area contributed by atoms with Gasteiger partial charge in [-0.25, -0.2) is 12.8 Å². The van der Waals surface area contributed by atoms with Crippen molar-refractivity contribution in [3.8, 4) is 5.75 Å². The summed E-state index contributed by atoms with van der Waals surface area (Å²) in [4.78, 5) is 24.2. The highest BCUT2D eigenvalue weighted by Crippen LogP contribution is 2.24. The lowest BCUT2D eigenvalue weighted by molar-refractivity contribution is -0.131. The Morgan fingerprint density at radius 1 is 1.04 bits per heavy atom. The minimum absolute atomic E-state index is 0.0659. The van der Waals surface area contributed by atoms with Gasteiger partial charge in [-0.15, -0.1) is 11.8 Å². The molecule has 1 saturated heterocycles. The lowest BCUT2D eigenvalue weighted by Gasteiger charge is -2.08. The molecule has 0 aromatic heterocycles. The second-order valence-corrected chi connectivity index (χ2v) is 9.69. The van der Waals surface area contributed by atoms with Gasteiger partial charge in [-0.05, 0) is 55.0 Å². The first kappa shape index (κ1) is 19.6. The minimum atomic E-state index is -2.97. The van der Waals surface area contributed by atoms with E-state index in [-0.39, 0.29) is 28.3 Å². The van der Waals surface area contributed by atoms with Crippen molar-refractivity contribution in [2.24, 2.45) is 0 Å². The van der Waals surface area contributed by atoms with Gasteiger partial charge in [0.2, 0.25) is 0 Å². The molecular weight excluding hydrogens is 391 g/mol. The van der Waals surface area contributed by atoms with E-state index in [1.54, 1.807) is 0 Å². The van der Waals surface area contributed by atoms with E-state index in [0.29, 0.717) is 23.3 Å². The largest absolute Gasteiger partial charge is 0.426 e. The Labute approximate surface area is 160 Å². The van der Waals surface area contributed by atoms with Crippen molar-refractivity contribution in [1.29, 1.82) is 0 Å². The van der Waals surface area contributed by atoms with Gasteiger partial charge in [0, 0.05) is 16.4 Å². The fourth-order valence-corrected chi connectivity index (χ4v) is 6.10. The number of rotatable bonds is 6. The van der Waals surface area contributed by atoms with Gasteiger partial charge in [0.25, 0.3) is 0 Å². The molecule has 0 aliphatic carbocycles. The number of ether oxygens (including phenoxy) is 1. The van der Waals surface area contributed by atoms with Crippen molar-refractivity contribution in [2.75, 3.05) is 17.3 Å². The molecule has 0 amide bonds. The molecule has 0 spiro atoms. The number of sulfone groups is 1. The molecule has 3 rings (SSSR count). The van der Waals surface area contributed by atoms with E-state index in [1.165, 1.54) is 60.3 Å². The van der Waals surface area contributed by atoms with Crippen LogP contribution in [-0.4, -0.2) is 42.7 Å². The van der Waals surface area contributed by atoms with Crippen LogP contribution in [0.4, 0.5) is 4.39 Å². The maximum atomic E-state index is 12.9. The summed E-state index contributed by atoms with van der Waals surface area (Å²) >= 11 is 1.28. The van der Waals surface area contributed by atoms with Crippen LogP contribution < -0.4 is 4.74 Å². The zero-order chi connectivity index (χ0) is 19.4. The van der Waals surface area contributed by atoms with Crippen LogP contribution in [0.2, 0.25) is 0 Å². The van der Waals surface area contributed by atoms with Crippen LogP contribution in [0.1, 0.15) is 22.3 Å². The molecule has 27 heavy (non-hydrogen) atoms. The quantitative estimate of drug-likeness (QED) is 0.416. The Morgan fingerprint density at radius 3 is 2.19 bits per heavy atom. The Morgan fingerprint density at radius 2 is 1.63 bits per heavy atom. The summed E-state index contributed by atoms with van der Waals surface area (Å²) in [6.07, 6.45) is 0.556. The van der Waals surface area contributed by atoms with E-state index in [1.807, 2.05) is 0 Å². The molecule has 0 saturated carbocycles.